The molecule has 4 nitrogen and oxygen atoms in total. The average Bonchev–Trinajstić information content (AvgIpc) is 2.71. The van der Waals surface area contributed by atoms with Crippen LogP contribution in [0, 0.1) is 18.3 Å². The molecule has 0 fully saturated rings. The maximum absolute atomic E-state index is 8.99. The smallest absolute Gasteiger partial charge is 0.176 e. The highest BCUT2D eigenvalue weighted by Gasteiger charge is 2.09. The van der Waals surface area contributed by atoms with Gasteiger partial charge in [0.25, 0.3) is 0 Å². The van der Waals surface area contributed by atoms with Gasteiger partial charge in [-0.3, -0.25) is 0 Å². The molecular formula is C9H6N4S2. The van der Waals surface area contributed by atoms with E-state index in [0.717, 1.165) is 9.90 Å². The molecule has 0 radical (unpaired) electrons. The summed E-state index contributed by atoms with van der Waals surface area (Å²) in [6.45, 7) is 1.89. The molecule has 15 heavy (non-hydrogen) atoms. The van der Waals surface area contributed by atoms with Gasteiger partial charge in [0, 0.05) is 6.20 Å². The Balaban J connectivity index is 2.37. The molecule has 0 bridgehead atoms. The van der Waals surface area contributed by atoms with Crippen molar-refractivity contribution in [2.75, 3.05) is 0 Å². The summed E-state index contributed by atoms with van der Waals surface area (Å²) in [7, 11) is 0. The third-order valence-electron chi connectivity index (χ3n) is 1.76. The van der Waals surface area contributed by atoms with Crippen molar-refractivity contribution in [3.8, 4) is 6.07 Å². The van der Waals surface area contributed by atoms with E-state index in [9.17, 15) is 0 Å². The number of hydrogen-bond donors (Lipinski definition) is 0. The van der Waals surface area contributed by atoms with Crippen LogP contribution < -0.4 is 0 Å². The van der Waals surface area contributed by atoms with E-state index < -0.39 is 0 Å². The van der Waals surface area contributed by atoms with Crippen molar-refractivity contribution >= 4 is 23.3 Å². The zero-order chi connectivity index (χ0) is 10.7. The number of nitrogens with zero attached hydrogens (tertiary/aromatic N) is 4. The summed E-state index contributed by atoms with van der Waals surface area (Å²) in [5.74, 6) is 0. The summed E-state index contributed by atoms with van der Waals surface area (Å²) in [5.41, 5.74) is 1.54. The minimum Gasteiger partial charge on any atom is -0.248 e. The van der Waals surface area contributed by atoms with Gasteiger partial charge in [0.15, 0.2) is 4.34 Å². The minimum absolute atomic E-state index is 0.609. The van der Waals surface area contributed by atoms with E-state index in [0.29, 0.717) is 10.6 Å². The van der Waals surface area contributed by atoms with Crippen LogP contribution in [0.15, 0.2) is 28.0 Å². The fourth-order valence-corrected chi connectivity index (χ4v) is 2.52. The van der Waals surface area contributed by atoms with Gasteiger partial charge >= 0.3 is 0 Å². The van der Waals surface area contributed by atoms with Crippen molar-refractivity contribution in [1.82, 2.24) is 14.3 Å². The van der Waals surface area contributed by atoms with Gasteiger partial charge in [-0.15, -0.1) is 0 Å². The molecule has 2 rings (SSSR count). The highest BCUT2D eigenvalue weighted by molar-refractivity contribution is 8.00. The molecular weight excluding hydrogens is 228 g/mol. The van der Waals surface area contributed by atoms with E-state index in [-0.39, 0.29) is 0 Å². The molecule has 0 saturated carbocycles. The maximum Gasteiger partial charge on any atom is 0.176 e. The fraction of sp³-hybridized carbons (Fsp3) is 0.111. The zero-order valence-corrected chi connectivity index (χ0v) is 9.47. The standard InChI is InChI=1S/C9H6N4S2/c1-6-2-3-11-8(7(6)4-10)14-9-12-5-13-15-9/h2-3,5H,1H3. The highest BCUT2D eigenvalue weighted by Crippen LogP contribution is 2.29. The lowest BCUT2D eigenvalue weighted by molar-refractivity contribution is 1.08. The molecule has 0 aliphatic rings. The number of pyridine rings is 1. The van der Waals surface area contributed by atoms with Crippen LogP contribution in [0.2, 0.25) is 0 Å². The van der Waals surface area contributed by atoms with Crippen molar-refractivity contribution in [3.63, 3.8) is 0 Å². The number of hydrogen-bond acceptors (Lipinski definition) is 6. The molecule has 2 heterocycles. The van der Waals surface area contributed by atoms with Crippen LogP contribution in [0.4, 0.5) is 0 Å². The van der Waals surface area contributed by atoms with Crippen LogP contribution in [0.5, 0.6) is 0 Å². The number of aryl methyl sites for hydroxylation is 1. The van der Waals surface area contributed by atoms with E-state index in [1.165, 1.54) is 29.6 Å². The molecule has 0 atom stereocenters. The largest absolute Gasteiger partial charge is 0.248 e. The maximum atomic E-state index is 8.99. The van der Waals surface area contributed by atoms with Gasteiger partial charge in [0.1, 0.15) is 17.4 Å². The number of rotatable bonds is 2. The summed E-state index contributed by atoms with van der Waals surface area (Å²) < 4.78 is 4.69. The van der Waals surface area contributed by atoms with Gasteiger partial charge in [0.05, 0.1) is 5.56 Å². The molecule has 74 valence electrons. The number of aromatic nitrogens is 3. The Labute approximate surface area is 95.2 Å². The Hall–Kier alpha value is -1.45. The van der Waals surface area contributed by atoms with E-state index in [4.69, 9.17) is 5.26 Å². The molecule has 0 aliphatic carbocycles. The minimum atomic E-state index is 0.609. The normalized spacial score (nSPS) is 9.87. The monoisotopic (exact) mass is 234 g/mol. The molecule has 0 aromatic carbocycles. The second-order valence-electron chi connectivity index (χ2n) is 2.73. The van der Waals surface area contributed by atoms with Crippen molar-refractivity contribution in [1.29, 1.82) is 5.26 Å². The first-order valence-corrected chi connectivity index (χ1v) is 5.70. The summed E-state index contributed by atoms with van der Waals surface area (Å²) in [6, 6.07) is 3.97. The Kier molecular flexibility index (Phi) is 2.94. The number of nitriles is 1. The lowest BCUT2D eigenvalue weighted by Gasteiger charge is -2.01. The lowest BCUT2D eigenvalue weighted by atomic mass is 10.2. The second kappa shape index (κ2) is 4.38. The second-order valence-corrected chi connectivity index (χ2v) is 4.75. The third-order valence-corrected chi connectivity index (χ3v) is 3.48. The topological polar surface area (TPSA) is 62.5 Å². The predicted octanol–water partition coefficient (Wildman–Crippen LogP) is 2.26. The summed E-state index contributed by atoms with van der Waals surface area (Å²) in [4.78, 5) is 8.20. The Morgan fingerprint density at radius 3 is 3.00 bits per heavy atom. The fourth-order valence-electron chi connectivity index (χ4n) is 1.04. The predicted molar refractivity (Wildman–Crippen MR) is 57.7 cm³/mol. The first kappa shape index (κ1) is 10.1. The van der Waals surface area contributed by atoms with Crippen molar-refractivity contribution in [2.45, 2.75) is 16.3 Å². The molecule has 6 heteroatoms. The molecule has 0 amide bonds. The summed E-state index contributed by atoms with van der Waals surface area (Å²) in [5, 5.41) is 9.68. The molecule has 2 aromatic heterocycles. The average molecular weight is 234 g/mol. The van der Waals surface area contributed by atoms with E-state index >= 15 is 0 Å². The van der Waals surface area contributed by atoms with Crippen molar-refractivity contribution < 1.29 is 0 Å². The third kappa shape index (κ3) is 2.14. The van der Waals surface area contributed by atoms with E-state index in [1.807, 2.05) is 13.0 Å². The van der Waals surface area contributed by atoms with Crippen LogP contribution in [0.3, 0.4) is 0 Å². The Morgan fingerprint density at radius 2 is 2.33 bits per heavy atom. The van der Waals surface area contributed by atoms with Crippen LogP contribution in [-0.4, -0.2) is 14.3 Å². The SMILES string of the molecule is Cc1ccnc(Sc2ncns2)c1C#N. The van der Waals surface area contributed by atoms with Crippen LogP contribution in [-0.2, 0) is 0 Å². The van der Waals surface area contributed by atoms with E-state index in [2.05, 4.69) is 20.4 Å². The van der Waals surface area contributed by atoms with Gasteiger partial charge in [-0.25, -0.2) is 9.97 Å². The van der Waals surface area contributed by atoms with Gasteiger partial charge in [-0.05, 0) is 41.8 Å². The highest BCUT2D eigenvalue weighted by atomic mass is 32.2. The van der Waals surface area contributed by atoms with Crippen LogP contribution >= 0.6 is 23.3 Å². The quantitative estimate of drug-likeness (QED) is 0.797. The van der Waals surface area contributed by atoms with Gasteiger partial charge in [-0.2, -0.15) is 9.64 Å². The van der Waals surface area contributed by atoms with E-state index in [1.54, 1.807) is 6.20 Å². The molecule has 0 N–H and O–H groups in total. The molecule has 0 unspecified atom stereocenters. The zero-order valence-electron chi connectivity index (χ0n) is 7.84. The first-order chi connectivity index (χ1) is 7.31. The summed E-state index contributed by atoms with van der Waals surface area (Å²) >= 11 is 2.67. The Bertz CT molecular complexity index is 501. The van der Waals surface area contributed by atoms with Gasteiger partial charge in [0.2, 0.25) is 0 Å². The first-order valence-electron chi connectivity index (χ1n) is 4.11. The summed E-state index contributed by atoms with van der Waals surface area (Å²) in [6.07, 6.45) is 3.19. The molecule has 2 aromatic rings. The molecule has 0 saturated heterocycles. The van der Waals surface area contributed by atoms with Crippen molar-refractivity contribution in [2.24, 2.45) is 0 Å². The van der Waals surface area contributed by atoms with Crippen molar-refractivity contribution in [3.05, 3.63) is 29.7 Å². The van der Waals surface area contributed by atoms with Gasteiger partial charge < -0.3 is 0 Å². The lowest BCUT2D eigenvalue weighted by Crippen LogP contribution is -1.89. The van der Waals surface area contributed by atoms with Crippen LogP contribution in [0.1, 0.15) is 11.1 Å². The molecule has 0 aliphatic heterocycles. The van der Waals surface area contributed by atoms with Gasteiger partial charge in [-0.1, -0.05) is 0 Å². The molecule has 0 spiro atoms. The van der Waals surface area contributed by atoms with Crippen LogP contribution in [0.25, 0.3) is 0 Å². The Morgan fingerprint density at radius 1 is 1.47 bits per heavy atom.